The Labute approximate surface area is 153 Å². The summed E-state index contributed by atoms with van der Waals surface area (Å²) in [5.74, 6) is -2.81. The number of aryl methyl sites for hydroxylation is 1. The van der Waals surface area contributed by atoms with E-state index in [9.17, 15) is 28.8 Å². The molecular formula is C18H18F2N2O5. The van der Waals surface area contributed by atoms with Crippen molar-refractivity contribution in [3.8, 4) is 5.75 Å². The molecule has 2 rings (SSSR count). The highest BCUT2D eigenvalue weighted by atomic mass is 19.1. The number of nitro groups is 1. The summed E-state index contributed by atoms with van der Waals surface area (Å²) in [6.07, 6.45) is 0. The molecule has 9 heteroatoms. The first kappa shape index (κ1) is 20.2. The van der Waals surface area contributed by atoms with E-state index in [0.29, 0.717) is 5.56 Å². The molecule has 0 saturated heterocycles. The molecule has 0 aromatic heterocycles. The fourth-order valence-electron chi connectivity index (χ4n) is 2.24. The van der Waals surface area contributed by atoms with Gasteiger partial charge in [0.25, 0.3) is 11.6 Å². The molecule has 1 amide bonds. The van der Waals surface area contributed by atoms with E-state index < -0.39 is 34.7 Å². The predicted molar refractivity (Wildman–Crippen MR) is 93.7 cm³/mol. The Morgan fingerprint density at radius 3 is 2.56 bits per heavy atom. The lowest BCUT2D eigenvalue weighted by Gasteiger charge is -2.23. The van der Waals surface area contributed by atoms with Crippen LogP contribution in [-0.4, -0.2) is 28.1 Å². The van der Waals surface area contributed by atoms with Crippen molar-refractivity contribution in [2.75, 3.05) is 11.9 Å². The first-order valence-electron chi connectivity index (χ1n) is 7.89. The van der Waals surface area contributed by atoms with Crippen LogP contribution in [-0.2, 0) is 4.79 Å². The molecule has 0 spiro atoms. The Morgan fingerprint density at radius 2 is 1.96 bits per heavy atom. The van der Waals surface area contributed by atoms with Crippen molar-refractivity contribution in [2.45, 2.75) is 26.4 Å². The fourth-order valence-corrected chi connectivity index (χ4v) is 2.24. The number of carbonyl (C=O) groups is 1. The van der Waals surface area contributed by atoms with Gasteiger partial charge in [-0.2, -0.15) is 0 Å². The zero-order valence-electron chi connectivity index (χ0n) is 14.9. The van der Waals surface area contributed by atoms with Crippen LogP contribution in [0, 0.1) is 35.6 Å². The number of rotatable bonds is 6. The number of anilines is 1. The number of aliphatic hydroxyl groups is 1. The first-order chi connectivity index (χ1) is 12.5. The third-order valence-corrected chi connectivity index (χ3v) is 3.93. The monoisotopic (exact) mass is 380 g/mol. The van der Waals surface area contributed by atoms with Gasteiger partial charge in [0.05, 0.1) is 4.92 Å². The van der Waals surface area contributed by atoms with Gasteiger partial charge in [0.15, 0.2) is 17.2 Å². The molecule has 0 unspecified atom stereocenters. The van der Waals surface area contributed by atoms with Crippen molar-refractivity contribution in [1.82, 2.24) is 0 Å². The summed E-state index contributed by atoms with van der Waals surface area (Å²) in [4.78, 5) is 22.5. The van der Waals surface area contributed by atoms with Crippen LogP contribution in [0.2, 0.25) is 0 Å². The van der Waals surface area contributed by atoms with Crippen LogP contribution in [0.5, 0.6) is 5.75 Å². The van der Waals surface area contributed by atoms with E-state index in [1.165, 1.54) is 32.0 Å². The van der Waals surface area contributed by atoms with Gasteiger partial charge in [-0.15, -0.1) is 0 Å². The molecule has 0 fully saturated rings. The van der Waals surface area contributed by atoms with Crippen LogP contribution in [0.3, 0.4) is 0 Å². The van der Waals surface area contributed by atoms with Gasteiger partial charge in [-0.3, -0.25) is 14.9 Å². The number of nitrogens with zero attached hydrogens (tertiary/aromatic N) is 1. The van der Waals surface area contributed by atoms with Gasteiger partial charge in [-0.05, 0) is 45.0 Å². The van der Waals surface area contributed by atoms with Gasteiger partial charge in [0.1, 0.15) is 12.4 Å². The molecule has 7 nitrogen and oxygen atoms in total. The number of nitrogens with one attached hydrogen (secondary N) is 1. The van der Waals surface area contributed by atoms with Crippen LogP contribution in [0.15, 0.2) is 30.3 Å². The van der Waals surface area contributed by atoms with Crippen molar-refractivity contribution in [3.63, 3.8) is 0 Å². The van der Waals surface area contributed by atoms with E-state index in [2.05, 4.69) is 5.32 Å². The van der Waals surface area contributed by atoms with E-state index in [0.717, 1.165) is 19.1 Å². The largest absolute Gasteiger partial charge is 0.487 e. The molecule has 0 saturated carbocycles. The highest BCUT2D eigenvalue weighted by molar-refractivity contribution is 5.97. The zero-order valence-corrected chi connectivity index (χ0v) is 14.9. The van der Waals surface area contributed by atoms with Crippen LogP contribution >= 0.6 is 0 Å². The van der Waals surface area contributed by atoms with E-state index in [4.69, 9.17) is 4.74 Å². The average molecular weight is 380 g/mol. The van der Waals surface area contributed by atoms with Crippen molar-refractivity contribution in [1.29, 1.82) is 0 Å². The third kappa shape index (κ3) is 4.56. The molecular weight excluding hydrogens is 362 g/mol. The van der Waals surface area contributed by atoms with Gasteiger partial charge in [0.2, 0.25) is 0 Å². The van der Waals surface area contributed by atoms with E-state index in [1.54, 1.807) is 0 Å². The second-order valence-electron chi connectivity index (χ2n) is 6.26. The maximum atomic E-state index is 13.9. The number of carbonyl (C=O) groups excluding carboxylic acids is 1. The minimum Gasteiger partial charge on any atom is -0.487 e. The molecule has 0 aliphatic heterocycles. The quantitative estimate of drug-likeness (QED) is 0.592. The first-order valence-corrected chi connectivity index (χ1v) is 7.89. The molecule has 2 aromatic rings. The van der Waals surface area contributed by atoms with Gasteiger partial charge in [-0.1, -0.05) is 0 Å². The molecule has 0 heterocycles. The summed E-state index contributed by atoms with van der Waals surface area (Å²) < 4.78 is 32.3. The number of hydrogen-bond donors (Lipinski definition) is 2. The summed E-state index contributed by atoms with van der Waals surface area (Å²) in [6, 6.07) is 6.01. The van der Waals surface area contributed by atoms with Gasteiger partial charge >= 0.3 is 0 Å². The number of hydrogen-bond acceptors (Lipinski definition) is 5. The summed E-state index contributed by atoms with van der Waals surface area (Å²) in [5.41, 5.74) is -1.81. The Hall–Kier alpha value is -3.07. The fraction of sp³-hybridized carbons (Fsp3) is 0.278. The lowest BCUT2D eigenvalue weighted by atomic mass is 10.1. The molecule has 1 atom stereocenters. The molecule has 27 heavy (non-hydrogen) atoms. The summed E-state index contributed by atoms with van der Waals surface area (Å²) in [5, 5.41) is 23.5. The summed E-state index contributed by atoms with van der Waals surface area (Å²) in [7, 11) is 0. The van der Waals surface area contributed by atoms with Crippen LogP contribution in [0.25, 0.3) is 0 Å². The number of nitro benzene ring substituents is 1. The molecule has 0 radical (unpaired) electrons. The summed E-state index contributed by atoms with van der Waals surface area (Å²) in [6.45, 7) is 3.32. The van der Waals surface area contributed by atoms with Crippen molar-refractivity contribution in [2.24, 2.45) is 0 Å². The van der Waals surface area contributed by atoms with Gasteiger partial charge in [0, 0.05) is 22.9 Å². The van der Waals surface area contributed by atoms with Crippen molar-refractivity contribution < 1.29 is 28.3 Å². The summed E-state index contributed by atoms with van der Waals surface area (Å²) >= 11 is 0. The van der Waals surface area contributed by atoms with Crippen LogP contribution < -0.4 is 10.1 Å². The number of benzene rings is 2. The Morgan fingerprint density at radius 1 is 1.30 bits per heavy atom. The highest BCUT2D eigenvalue weighted by Gasteiger charge is 2.32. The predicted octanol–water partition coefficient (Wildman–Crippen LogP) is 3.26. The minimum atomic E-state index is -2.04. The maximum Gasteiger partial charge on any atom is 0.272 e. The second-order valence-corrected chi connectivity index (χ2v) is 6.26. The number of halogens is 2. The second kappa shape index (κ2) is 7.67. The van der Waals surface area contributed by atoms with Gasteiger partial charge in [-0.25, -0.2) is 8.78 Å². The lowest BCUT2D eigenvalue weighted by molar-refractivity contribution is -0.385. The van der Waals surface area contributed by atoms with Crippen molar-refractivity contribution >= 4 is 17.3 Å². The molecule has 2 aromatic carbocycles. The number of amides is 1. The Bertz CT molecular complexity index is 900. The molecule has 0 aliphatic carbocycles. The molecule has 0 bridgehead atoms. The standard InChI is InChI=1S/C18H18F2N2O5/c1-10-8-12(4-6-14(10)22(25)26)21-17(23)18(3,24)9-27-15-7-5-13(19)11(2)16(15)20/h4-8,24H,9H2,1-3H3,(H,21,23)/t18-/m0/s1. The molecule has 2 N–H and O–H groups in total. The SMILES string of the molecule is Cc1cc(NC(=O)[C@@](C)(O)COc2ccc(F)c(C)c2F)ccc1[N+](=O)[O-]. The lowest BCUT2D eigenvalue weighted by Crippen LogP contribution is -2.45. The smallest absolute Gasteiger partial charge is 0.272 e. The Kier molecular flexibility index (Phi) is 5.75. The van der Waals surface area contributed by atoms with E-state index in [-0.39, 0.29) is 22.7 Å². The third-order valence-electron chi connectivity index (χ3n) is 3.93. The molecule has 144 valence electrons. The Balaban J connectivity index is 2.08. The van der Waals surface area contributed by atoms with Crippen molar-refractivity contribution in [3.05, 3.63) is 63.2 Å². The maximum absolute atomic E-state index is 13.9. The minimum absolute atomic E-state index is 0.106. The normalized spacial score (nSPS) is 13.0. The zero-order chi connectivity index (χ0) is 20.4. The van der Waals surface area contributed by atoms with Crippen LogP contribution in [0.4, 0.5) is 20.2 Å². The van der Waals surface area contributed by atoms with E-state index >= 15 is 0 Å². The van der Waals surface area contributed by atoms with Gasteiger partial charge < -0.3 is 15.2 Å². The molecule has 0 aliphatic rings. The number of ether oxygens (including phenoxy) is 1. The topological polar surface area (TPSA) is 102 Å². The average Bonchev–Trinajstić information content (AvgIpc) is 2.58. The highest BCUT2D eigenvalue weighted by Crippen LogP contribution is 2.25. The van der Waals surface area contributed by atoms with E-state index in [1.807, 2.05) is 0 Å². The van der Waals surface area contributed by atoms with Crippen LogP contribution in [0.1, 0.15) is 18.1 Å².